The molecule has 1 aromatic heterocycles. The summed E-state index contributed by atoms with van der Waals surface area (Å²) in [6, 6.07) is 21.1. The Balaban J connectivity index is 1.56. The van der Waals surface area contributed by atoms with E-state index in [-0.39, 0.29) is 0 Å². The number of methoxy groups -OCH3 is 2. The number of fused-ring (bicyclic) bond motifs is 1. The van der Waals surface area contributed by atoms with Gasteiger partial charge in [0.05, 0.1) is 36.7 Å². The van der Waals surface area contributed by atoms with E-state index in [4.69, 9.17) is 25.8 Å². The molecular weight excluding hydrogens is 456 g/mol. The number of anilines is 1. The number of hydrogen-bond acceptors (Lipinski definition) is 6. The predicted octanol–water partition coefficient (Wildman–Crippen LogP) is 5.37. The first-order chi connectivity index (χ1) is 16.5. The Kier molecular flexibility index (Phi) is 6.94. The molecule has 0 saturated carbocycles. The molecule has 0 aliphatic heterocycles. The fourth-order valence-electron chi connectivity index (χ4n) is 3.43. The van der Waals surface area contributed by atoms with Gasteiger partial charge in [-0.25, -0.2) is 9.78 Å². The fourth-order valence-corrected chi connectivity index (χ4v) is 3.60. The minimum atomic E-state index is -0.637. The van der Waals surface area contributed by atoms with Crippen LogP contribution >= 0.6 is 11.6 Å². The van der Waals surface area contributed by atoms with Gasteiger partial charge in [-0.2, -0.15) is 0 Å². The van der Waals surface area contributed by atoms with Crippen LogP contribution in [0.5, 0.6) is 11.5 Å². The smallest absolute Gasteiger partial charge is 0.339 e. The first kappa shape index (κ1) is 23.1. The van der Waals surface area contributed by atoms with Gasteiger partial charge in [-0.1, -0.05) is 29.8 Å². The van der Waals surface area contributed by atoms with E-state index in [1.807, 2.05) is 42.5 Å². The van der Waals surface area contributed by atoms with Crippen molar-refractivity contribution in [3.63, 3.8) is 0 Å². The summed E-state index contributed by atoms with van der Waals surface area (Å²) in [4.78, 5) is 30.1. The molecule has 0 radical (unpaired) electrons. The van der Waals surface area contributed by atoms with E-state index in [9.17, 15) is 9.59 Å². The summed E-state index contributed by atoms with van der Waals surface area (Å²) < 4.78 is 15.8. The minimum absolute atomic E-state index is 0.310. The number of aromatic nitrogens is 1. The van der Waals surface area contributed by atoms with Crippen LogP contribution in [0.15, 0.2) is 72.8 Å². The monoisotopic (exact) mass is 476 g/mol. The highest BCUT2D eigenvalue weighted by Crippen LogP contribution is 2.28. The number of benzene rings is 3. The maximum absolute atomic E-state index is 13.0. The third kappa shape index (κ3) is 5.10. The Labute approximate surface area is 201 Å². The summed E-state index contributed by atoms with van der Waals surface area (Å²) in [5, 5.41) is 3.70. The highest BCUT2D eigenvalue weighted by molar-refractivity contribution is 6.31. The lowest BCUT2D eigenvalue weighted by Crippen LogP contribution is -2.21. The molecule has 0 aliphatic rings. The molecule has 172 valence electrons. The van der Waals surface area contributed by atoms with Crippen molar-refractivity contribution in [3.8, 4) is 22.8 Å². The average molecular weight is 477 g/mol. The number of esters is 1. The van der Waals surface area contributed by atoms with E-state index in [0.717, 1.165) is 5.56 Å². The van der Waals surface area contributed by atoms with Crippen LogP contribution < -0.4 is 14.8 Å². The molecule has 4 rings (SSSR count). The van der Waals surface area contributed by atoms with Gasteiger partial charge in [-0.3, -0.25) is 4.79 Å². The molecule has 0 aliphatic carbocycles. The van der Waals surface area contributed by atoms with Crippen LogP contribution in [0.4, 0.5) is 5.69 Å². The zero-order valence-electron chi connectivity index (χ0n) is 18.5. The molecule has 0 saturated heterocycles. The fraction of sp³-hybridized carbons (Fsp3) is 0.115. The quantitative estimate of drug-likeness (QED) is 0.361. The molecule has 7 nitrogen and oxygen atoms in total. The van der Waals surface area contributed by atoms with E-state index in [1.165, 1.54) is 7.11 Å². The van der Waals surface area contributed by atoms with Gasteiger partial charge in [0.2, 0.25) is 0 Å². The van der Waals surface area contributed by atoms with Crippen LogP contribution in [0.25, 0.3) is 22.2 Å². The van der Waals surface area contributed by atoms with E-state index in [1.54, 1.807) is 37.4 Å². The van der Waals surface area contributed by atoms with Crippen molar-refractivity contribution in [3.05, 3.63) is 83.4 Å². The Bertz CT molecular complexity index is 1360. The first-order valence-electron chi connectivity index (χ1n) is 10.3. The summed E-state index contributed by atoms with van der Waals surface area (Å²) in [6.07, 6.45) is 0. The highest BCUT2D eigenvalue weighted by atomic mass is 35.5. The molecule has 4 aromatic rings. The molecule has 1 heterocycles. The minimum Gasteiger partial charge on any atom is -0.497 e. The molecule has 0 atom stereocenters. The van der Waals surface area contributed by atoms with E-state index in [0.29, 0.717) is 44.4 Å². The van der Waals surface area contributed by atoms with Gasteiger partial charge in [0.15, 0.2) is 6.61 Å². The Hall–Kier alpha value is -4.10. The highest BCUT2D eigenvalue weighted by Gasteiger charge is 2.17. The van der Waals surface area contributed by atoms with Gasteiger partial charge in [0, 0.05) is 16.0 Å². The molecule has 0 fully saturated rings. The Morgan fingerprint density at radius 2 is 1.71 bits per heavy atom. The number of pyridine rings is 1. The average Bonchev–Trinajstić information content (AvgIpc) is 2.87. The second kappa shape index (κ2) is 10.2. The van der Waals surface area contributed by atoms with Crippen LogP contribution in [0.1, 0.15) is 10.4 Å². The number of ether oxygens (including phenoxy) is 3. The predicted molar refractivity (Wildman–Crippen MR) is 131 cm³/mol. The standard InChI is InChI=1S/C26H21ClN2O5/c1-32-18-10-7-16(8-11-18)22-14-20(19-5-3-4-6-21(19)28-22)26(31)34-15-25(30)29-23-13-17(27)9-12-24(23)33-2/h3-14H,15H2,1-2H3,(H,29,30). The van der Waals surface area contributed by atoms with Gasteiger partial charge in [-0.05, 0) is 54.6 Å². The van der Waals surface area contributed by atoms with Gasteiger partial charge in [-0.15, -0.1) is 0 Å². The van der Waals surface area contributed by atoms with Gasteiger partial charge in [0.1, 0.15) is 11.5 Å². The van der Waals surface area contributed by atoms with E-state index in [2.05, 4.69) is 10.3 Å². The number of amides is 1. The normalized spacial score (nSPS) is 10.6. The molecule has 8 heteroatoms. The first-order valence-corrected chi connectivity index (χ1v) is 10.7. The van der Waals surface area contributed by atoms with Gasteiger partial charge in [0.25, 0.3) is 5.91 Å². The van der Waals surface area contributed by atoms with Crippen molar-refractivity contribution >= 4 is 40.1 Å². The number of halogens is 1. The molecule has 0 spiro atoms. The van der Waals surface area contributed by atoms with Gasteiger partial charge < -0.3 is 19.5 Å². The van der Waals surface area contributed by atoms with Crippen molar-refractivity contribution in [2.75, 3.05) is 26.1 Å². The zero-order chi connectivity index (χ0) is 24.1. The second-order valence-electron chi connectivity index (χ2n) is 7.27. The molecular formula is C26H21ClN2O5. The van der Waals surface area contributed by atoms with Crippen molar-refractivity contribution < 1.29 is 23.8 Å². The number of rotatable bonds is 7. The van der Waals surface area contributed by atoms with E-state index < -0.39 is 18.5 Å². The SMILES string of the molecule is COc1ccc(-c2cc(C(=O)OCC(=O)Nc3cc(Cl)ccc3OC)c3ccccc3n2)cc1. The van der Waals surface area contributed by atoms with Crippen molar-refractivity contribution in [2.24, 2.45) is 0 Å². The summed E-state index contributed by atoms with van der Waals surface area (Å²) >= 11 is 6.00. The largest absolute Gasteiger partial charge is 0.497 e. The van der Waals surface area contributed by atoms with Crippen LogP contribution in [-0.4, -0.2) is 37.7 Å². The number of carbonyl (C=O) groups is 2. The molecule has 1 amide bonds. The number of nitrogens with one attached hydrogen (secondary N) is 1. The Morgan fingerprint density at radius 1 is 0.941 bits per heavy atom. The number of carbonyl (C=O) groups excluding carboxylic acids is 2. The zero-order valence-corrected chi connectivity index (χ0v) is 19.3. The van der Waals surface area contributed by atoms with Crippen molar-refractivity contribution in [1.29, 1.82) is 0 Å². The van der Waals surface area contributed by atoms with Gasteiger partial charge >= 0.3 is 5.97 Å². The third-order valence-corrected chi connectivity index (χ3v) is 5.33. The molecule has 3 aromatic carbocycles. The number of hydrogen-bond donors (Lipinski definition) is 1. The maximum Gasteiger partial charge on any atom is 0.339 e. The topological polar surface area (TPSA) is 86.8 Å². The molecule has 34 heavy (non-hydrogen) atoms. The van der Waals surface area contributed by atoms with Crippen LogP contribution in [0.2, 0.25) is 5.02 Å². The summed E-state index contributed by atoms with van der Waals surface area (Å²) in [7, 11) is 3.07. The van der Waals surface area contributed by atoms with Crippen LogP contribution in [0, 0.1) is 0 Å². The Morgan fingerprint density at radius 3 is 2.44 bits per heavy atom. The molecule has 0 bridgehead atoms. The van der Waals surface area contributed by atoms with E-state index >= 15 is 0 Å². The number of para-hydroxylation sites is 1. The summed E-state index contributed by atoms with van der Waals surface area (Å²) in [5.74, 6) is -0.0101. The van der Waals surface area contributed by atoms with Crippen molar-refractivity contribution in [2.45, 2.75) is 0 Å². The lowest BCUT2D eigenvalue weighted by molar-refractivity contribution is -0.119. The van der Waals surface area contributed by atoms with Crippen molar-refractivity contribution in [1.82, 2.24) is 4.98 Å². The lowest BCUT2D eigenvalue weighted by atomic mass is 10.0. The summed E-state index contributed by atoms with van der Waals surface area (Å²) in [5.41, 5.74) is 2.74. The third-order valence-electron chi connectivity index (χ3n) is 5.09. The second-order valence-corrected chi connectivity index (χ2v) is 7.71. The van der Waals surface area contributed by atoms with Crippen LogP contribution in [-0.2, 0) is 9.53 Å². The summed E-state index contributed by atoms with van der Waals surface area (Å²) in [6.45, 7) is -0.483. The number of nitrogens with zero attached hydrogens (tertiary/aromatic N) is 1. The lowest BCUT2D eigenvalue weighted by Gasteiger charge is -2.12. The van der Waals surface area contributed by atoms with Crippen LogP contribution in [0.3, 0.4) is 0 Å². The maximum atomic E-state index is 13.0. The molecule has 1 N–H and O–H groups in total. The molecule has 0 unspecified atom stereocenters.